The van der Waals surface area contributed by atoms with E-state index in [0.29, 0.717) is 137 Å². The predicted octanol–water partition coefficient (Wildman–Crippen LogP) is 7.33. The molecule has 0 saturated heterocycles. The Bertz CT molecular complexity index is 2670. The van der Waals surface area contributed by atoms with Gasteiger partial charge in [-0.25, -0.2) is 9.59 Å². The molecule has 0 spiro atoms. The van der Waals surface area contributed by atoms with Crippen molar-refractivity contribution in [3.05, 3.63) is 126 Å². The molecular formula is C52H65Cl5N14O6. The SMILES string of the molecule is CN1Cc2c(Cl)cc(Cl)cc2[C@H](c2cccc(-c3nnn(CCOCCOCCNC(=O)NCCCCNC(=O)NCCOCCOCCn4nnc(-c5cccc([C@@H]6CN(C)Cc7c(Cl)cc(Cl)cc76)c5)n4)n3)c2)C1.Cl. The molecule has 0 bridgehead atoms. The standard InChI is InChI=1S/C52H64Cl4N14O6.ClH/c1-67-31-43(41-27-39(53)29-47(55)45(41)33-67)35-7-5-9-37(25-35)49-61-65-69(63-49)15-19-75-23-21-73-17-13-59-51(71)57-11-3-4-12-58-52(72)60-14-18-74-22-24-76-20-16-70-64-50(62-66-70)38-10-6-8-36(26-38)44-32-68(2)34-46-42(44)28-40(54)30-48(46)56;/h5-10,25-30,43-44H,3-4,11-24,31-34H2,1-2H3,(H2,57,59,71)(H2,58,60,72);1H/t43-,44-;/m0./s1. The third-order valence-electron chi connectivity index (χ3n) is 12.8. The van der Waals surface area contributed by atoms with E-state index >= 15 is 0 Å². The van der Waals surface area contributed by atoms with Crippen LogP contribution in [0.2, 0.25) is 20.1 Å². The number of urea groups is 2. The number of benzene rings is 4. The van der Waals surface area contributed by atoms with Crippen LogP contribution >= 0.6 is 58.8 Å². The molecule has 414 valence electrons. The Kier molecular flexibility index (Phi) is 23.3. The van der Waals surface area contributed by atoms with E-state index in [1.165, 1.54) is 9.59 Å². The average Bonchev–Trinajstić information content (AvgIpc) is 4.13. The molecule has 0 aliphatic carbocycles. The van der Waals surface area contributed by atoms with Gasteiger partial charge in [0, 0.05) is 95.4 Å². The van der Waals surface area contributed by atoms with Crippen molar-refractivity contribution in [3.8, 4) is 22.8 Å². The fourth-order valence-corrected chi connectivity index (χ4v) is 10.3. The van der Waals surface area contributed by atoms with Crippen molar-refractivity contribution in [2.45, 2.75) is 50.9 Å². The molecule has 6 aromatic rings. The molecule has 77 heavy (non-hydrogen) atoms. The van der Waals surface area contributed by atoms with E-state index in [1.54, 1.807) is 12.1 Å². The normalized spacial score (nSPS) is 15.4. The third-order valence-corrected chi connectivity index (χ3v) is 13.9. The number of amides is 4. The van der Waals surface area contributed by atoms with Gasteiger partial charge in [0.1, 0.15) is 0 Å². The fraction of sp³-hybridized carbons (Fsp3) is 0.462. The molecule has 4 heterocycles. The monoisotopic (exact) mass is 1160 g/mol. The molecule has 0 radical (unpaired) electrons. The first kappa shape index (κ1) is 59.4. The van der Waals surface area contributed by atoms with Gasteiger partial charge in [0.15, 0.2) is 0 Å². The van der Waals surface area contributed by atoms with E-state index in [-0.39, 0.29) is 36.3 Å². The largest absolute Gasteiger partial charge is 0.377 e. The van der Waals surface area contributed by atoms with Gasteiger partial charge in [-0.3, -0.25) is 0 Å². The number of aromatic nitrogens is 8. The lowest BCUT2D eigenvalue weighted by atomic mass is 9.84. The van der Waals surface area contributed by atoms with Gasteiger partial charge in [-0.1, -0.05) is 82.8 Å². The molecule has 0 saturated carbocycles. The van der Waals surface area contributed by atoms with Gasteiger partial charge >= 0.3 is 12.1 Å². The highest BCUT2D eigenvalue weighted by molar-refractivity contribution is 6.35. The molecule has 0 fully saturated rings. The third kappa shape index (κ3) is 17.6. The maximum Gasteiger partial charge on any atom is 0.314 e. The summed E-state index contributed by atoms with van der Waals surface area (Å²) in [4.78, 5) is 31.9. The molecule has 0 unspecified atom stereocenters. The maximum atomic E-state index is 12.1. The average molecular weight is 1160 g/mol. The van der Waals surface area contributed by atoms with E-state index in [4.69, 9.17) is 65.4 Å². The Hall–Kier alpha value is -5.23. The highest BCUT2D eigenvalue weighted by Gasteiger charge is 2.29. The summed E-state index contributed by atoms with van der Waals surface area (Å²) in [7, 11) is 4.18. The Morgan fingerprint density at radius 3 is 1.38 bits per heavy atom. The molecule has 2 atom stereocenters. The van der Waals surface area contributed by atoms with Crippen molar-refractivity contribution < 1.29 is 28.5 Å². The minimum absolute atomic E-state index is 0. The minimum atomic E-state index is -0.281. The summed E-state index contributed by atoms with van der Waals surface area (Å²) in [6.45, 7) is 8.70. The van der Waals surface area contributed by atoms with E-state index in [1.807, 2.05) is 36.4 Å². The lowest BCUT2D eigenvalue weighted by Gasteiger charge is -2.33. The van der Waals surface area contributed by atoms with E-state index in [9.17, 15) is 9.59 Å². The number of ether oxygens (including phenoxy) is 4. The minimum Gasteiger partial charge on any atom is -0.377 e. The van der Waals surface area contributed by atoms with E-state index in [2.05, 4.69) is 100 Å². The summed E-state index contributed by atoms with van der Waals surface area (Å²) in [6, 6.07) is 23.4. The van der Waals surface area contributed by atoms with Crippen LogP contribution in [0.5, 0.6) is 0 Å². The summed E-state index contributed by atoms with van der Waals surface area (Å²) >= 11 is 26.0. The first-order chi connectivity index (χ1) is 37.0. The van der Waals surface area contributed by atoms with Crippen LogP contribution in [-0.4, -0.2) is 168 Å². The van der Waals surface area contributed by atoms with Gasteiger partial charge < -0.3 is 50.0 Å². The number of rotatable bonds is 27. The number of halogens is 5. The van der Waals surface area contributed by atoms with Gasteiger partial charge in [0.05, 0.1) is 65.9 Å². The van der Waals surface area contributed by atoms with E-state index < -0.39 is 0 Å². The van der Waals surface area contributed by atoms with Gasteiger partial charge in [-0.05, 0) is 107 Å². The highest BCUT2D eigenvalue weighted by Crippen LogP contribution is 2.40. The summed E-state index contributed by atoms with van der Waals surface area (Å²) in [5, 5.41) is 39.9. The number of nitrogens with one attached hydrogen (secondary N) is 4. The first-order valence-electron chi connectivity index (χ1n) is 25.4. The summed E-state index contributed by atoms with van der Waals surface area (Å²) in [5.41, 5.74) is 8.48. The fourth-order valence-electron chi connectivity index (χ4n) is 9.15. The molecule has 2 aliphatic rings. The second-order valence-electron chi connectivity index (χ2n) is 18.6. The molecular weight excluding hydrogens is 1090 g/mol. The number of unbranched alkanes of at least 4 members (excludes halogenated alkanes) is 1. The number of hydrogen-bond acceptors (Lipinski definition) is 14. The molecule has 4 amide bonds. The molecule has 2 aliphatic heterocycles. The van der Waals surface area contributed by atoms with Gasteiger partial charge in [0.2, 0.25) is 11.6 Å². The zero-order valence-corrected chi connectivity index (χ0v) is 46.9. The lowest BCUT2D eigenvalue weighted by Crippen LogP contribution is -2.39. The Morgan fingerprint density at radius 2 is 0.948 bits per heavy atom. The molecule has 25 heteroatoms. The van der Waals surface area contributed by atoms with Gasteiger partial charge in [-0.15, -0.1) is 32.8 Å². The van der Waals surface area contributed by atoms with Crippen LogP contribution in [0, 0.1) is 0 Å². The summed E-state index contributed by atoms with van der Waals surface area (Å²) in [5.74, 6) is 1.27. The quantitative estimate of drug-likeness (QED) is 0.0372. The summed E-state index contributed by atoms with van der Waals surface area (Å²) < 4.78 is 22.6. The van der Waals surface area contributed by atoms with Crippen LogP contribution in [0.3, 0.4) is 0 Å². The van der Waals surface area contributed by atoms with Crippen molar-refractivity contribution in [3.63, 3.8) is 0 Å². The first-order valence-corrected chi connectivity index (χ1v) is 26.9. The summed E-state index contributed by atoms with van der Waals surface area (Å²) in [6.07, 6.45) is 1.40. The number of fused-ring (bicyclic) bond motifs is 2. The van der Waals surface area contributed by atoms with Crippen LogP contribution in [0.25, 0.3) is 22.8 Å². The Labute approximate surface area is 474 Å². The van der Waals surface area contributed by atoms with Crippen molar-refractivity contribution in [1.29, 1.82) is 0 Å². The number of likely N-dealkylation sites (N-methyl/N-ethyl adjacent to an activating group) is 2. The maximum absolute atomic E-state index is 12.1. The molecule has 20 nitrogen and oxygen atoms in total. The Balaban J connectivity index is 0.00000861. The smallest absolute Gasteiger partial charge is 0.314 e. The predicted molar refractivity (Wildman–Crippen MR) is 298 cm³/mol. The van der Waals surface area contributed by atoms with Gasteiger partial charge in [0.25, 0.3) is 0 Å². The zero-order valence-electron chi connectivity index (χ0n) is 43.1. The highest BCUT2D eigenvalue weighted by atomic mass is 35.5. The molecule has 4 N–H and O–H groups in total. The van der Waals surface area contributed by atoms with Crippen LogP contribution in [0.1, 0.15) is 58.1 Å². The lowest BCUT2D eigenvalue weighted by molar-refractivity contribution is 0.0443. The second kappa shape index (κ2) is 30.2. The van der Waals surface area contributed by atoms with Crippen LogP contribution < -0.4 is 21.3 Å². The van der Waals surface area contributed by atoms with Crippen molar-refractivity contribution >= 4 is 70.9 Å². The van der Waals surface area contributed by atoms with Crippen molar-refractivity contribution in [2.24, 2.45) is 0 Å². The number of tetrazole rings is 2. The molecule has 2 aromatic heterocycles. The van der Waals surface area contributed by atoms with Crippen molar-refractivity contribution in [1.82, 2.24) is 71.5 Å². The number of carbonyl (C=O) groups is 2. The molecule has 4 aromatic carbocycles. The van der Waals surface area contributed by atoms with Crippen LogP contribution in [-0.2, 0) is 45.1 Å². The van der Waals surface area contributed by atoms with Crippen molar-refractivity contribution in [2.75, 3.05) is 106 Å². The Morgan fingerprint density at radius 1 is 0.545 bits per heavy atom. The topological polar surface area (TPSA) is 213 Å². The zero-order chi connectivity index (χ0) is 53.2. The van der Waals surface area contributed by atoms with Crippen LogP contribution in [0.4, 0.5) is 9.59 Å². The van der Waals surface area contributed by atoms with Gasteiger partial charge in [-0.2, -0.15) is 9.59 Å². The number of hydrogen-bond donors (Lipinski definition) is 4. The second-order valence-corrected chi connectivity index (χ2v) is 20.3. The van der Waals surface area contributed by atoms with E-state index in [0.717, 1.165) is 70.7 Å². The number of carbonyl (C=O) groups excluding carboxylic acids is 2. The number of nitrogens with zero attached hydrogens (tertiary/aromatic N) is 10. The van der Waals surface area contributed by atoms with Crippen LogP contribution in [0.15, 0.2) is 72.8 Å². The molecule has 8 rings (SSSR count).